The van der Waals surface area contributed by atoms with Crippen LogP contribution >= 0.6 is 0 Å². The van der Waals surface area contributed by atoms with E-state index in [1.54, 1.807) is 6.92 Å². The average molecular weight is 737 g/mol. The van der Waals surface area contributed by atoms with Gasteiger partial charge in [0.05, 0.1) is 47.3 Å². The molecule has 2 aromatic carbocycles. The highest BCUT2D eigenvalue weighted by molar-refractivity contribution is 6.31. The van der Waals surface area contributed by atoms with E-state index in [0.717, 1.165) is 4.90 Å². The monoisotopic (exact) mass is 736 g/mol. The van der Waals surface area contributed by atoms with Crippen LogP contribution in [-0.2, 0) is 30.3 Å². The summed E-state index contributed by atoms with van der Waals surface area (Å²) in [7, 11) is 0. The molecule has 2 aromatic rings. The average Bonchev–Trinajstić information content (AvgIpc) is 3.43. The first-order valence-electron chi connectivity index (χ1n) is 17.2. The van der Waals surface area contributed by atoms with Crippen molar-refractivity contribution in [1.82, 2.24) is 10.3 Å². The number of aliphatic hydroxyl groups is 3. The van der Waals surface area contributed by atoms with Gasteiger partial charge in [-0.25, -0.2) is 5.43 Å². The Morgan fingerprint density at radius 3 is 2.42 bits per heavy atom. The number of hydrogen-bond acceptors (Lipinski definition) is 15. The van der Waals surface area contributed by atoms with Crippen molar-refractivity contribution < 1.29 is 64.1 Å². The predicted octanol–water partition coefficient (Wildman–Crippen LogP) is 0.0868. The summed E-state index contributed by atoms with van der Waals surface area (Å²) in [6.07, 6.45) is -1.74. The molecule has 0 radical (unpaired) electrons. The van der Waals surface area contributed by atoms with Crippen LogP contribution in [0.4, 0.5) is 0 Å². The maximum absolute atomic E-state index is 13.7. The van der Waals surface area contributed by atoms with Gasteiger partial charge in [0.2, 0.25) is 11.7 Å². The Kier molecular flexibility index (Phi) is 10.5. The second-order valence-corrected chi connectivity index (χ2v) is 13.6. The quantitative estimate of drug-likeness (QED) is 0.0426. The highest BCUT2D eigenvalue weighted by Gasteiger charge is 2.49. The van der Waals surface area contributed by atoms with E-state index in [4.69, 9.17) is 15.2 Å². The predicted molar refractivity (Wildman–Crippen MR) is 182 cm³/mol. The number of nitrogens with zero attached hydrogens (tertiary/aromatic N) is 2. The normalized spacial score (nSPS) is 26.8. The van der Waals surface area contributed by atoms with E-state index in [1.807, 2.05) is 0 Å². The van der Waals surface area contributed by atoms with E-state index in [-0.39, 0.29) is 47.4 Å². The summed E-state index contributed by atoms with van der Waals surface area (Å²) in [5.74, 6) is -5.20. The van der Waals surface area contributed by atoms with E-state index in [9.17, 15) is 54.6 Å². The molecule has 9 N–H and O–H groups in total. The number of rotatable bonds is 11. The minimum atomic E-state index is -2.18. The fraction of sp³-hybridized carbons (Fsp3) is 0.444. The third kappa shape index (κ3) is 6.94. The molecular formula is C36H40N4O13. The summed E-state index contributed by atoms with van der Waals surface area (Å²) in [4.78, 5) is 64.6. The highest BCUT2D eigenvalue weighted by Crippen LogP contribution is 2.52. The molecule has 6 rings (SSSR count). The minimum Gasteiger partial charge on any atom is -0.507 e. The lowest BCUT2D eigenvalue weighted by Crippen LogP contribution is -2.53. The topological polar surface area (TPSA) is 279 Å². The molecule has 282 valence electrons. The molecule has 2 aliphatic heterocycles. The molecule has 53 heavy (non-hydrogen) atoms. The Labute approximate surface area is 302 Å². The van der Waals surface area contributed by atoms with E-state index >= 15 is 0 Å². The molecule has 0 spiro atoms. The largest absolute Gasteiger partial charge is 0.507 e. The molecule has 6 atom stereocenters. The van der Waals surface area contributed by atoms with Crippen molar-refractivity contribution in [3.8, 4) is 17.2 Å². The molecule has 4 aliphatic rings. The molecule has 0 bridgehead atoms. The van der Waals surface area contributed by atoms with Crippen molar-refractivity contribution in [2.75, 3.05) is 13.2 Å². The molecule has 17 heteroatoms. The van der Waals surface area contributed by atoms with Crippen LogP contribution in [0.25, 0.3) is 0 Å². The number of amides is 3. The number of carbonyl (C=O) groups is 5. The second-order valence-electron chi connectivity index (χ2n) is 13.6. The fourth-order valence-electron chi connectivity index (χ4n) is 7.31. The van der Waals surface area contributed by atoms with Gasteiger partial charge in [-0.2, -0.15) is 5.10 Å². The number of aromatic hydroxyl groups is 3. The Morgan fingerprint density at radius 2 is 1.74 bits per heavy atom. The Hall–Kier alpha value is -5.04. The lowest BCUT2D eigenvalue weighted by Gasteiger charge is -2.43. The van der Waals surface area contributed by atoms with Crippen molar-refractivity contribution in [1.29, 1.82) is 0 Å². The molecule has 17 nitrogen and oxygen atoms in total. The summed E-state index contributed by atoms with van der Waals surface area (Å²) < 4.78 is 12.0. The van der Waals surface area contributed by atoms with Gasteiger partial charge in [-0.3, -0.25) is 28.9 Å². The van der Waals surface area contributed by atoms with Crippen LogP contribution < -0.4 is 11.2 Å². The van der Waals surface area contributed by atoms with E-state index in [2.05, 4.69) is 10.5 Å². The number of ketones is 2. The molecule has 0 aromatic heterocycles. The number of hydrazone groups is 1. The zero-order valence-corrected chi connectivity index (χ0v) is 28.7. The Morgan fingerprint density at radius 1 is 1.04 bits per heavy atom. The first-order valence-corrected chi connectivity index (χ1v) is 17.2. The van der Waals surface area contributed by atoms with Gasteiger partial charge in [-0.05, 0) is 25.8 Å². The van der Waals surface area contributed by atoms with E-state index in [1.165, 1.54) is 30.4 Å². The summed E-state index contributed by atoms with van der Waals surface area (Å²) in [5.41, 5.74) is 3.75. The number of carbonyl (C=O) groups excluding carboxylic acids is 5. The van der Waals surface area contributed by atoms with Crippen LogP contribution in [-0.4, -0.2) is 114 Å². The number of nitrogens with one attached hydrogen (secondary N) is 1. The smallest absolute Gasteiger partial charge is 0.253 e. The fourth-order valence-corrected chi connectivity index (χ4v) is 7.31. The van der Waals surface area contributed by atoms with Crippen LogP contribution in [0.1, 0.15) is 94.5 Å². The zero-order valence-electron chi connectivity index (χ0n) is 28.7. The minimum absolute atomic E-state index is 0.0212. The number of phenolic OH excluding ortho intramolecular Hbond substituents is 3. The molecule has 1 fully saturated rings. The summed E-state index contributed by atoms with van der Waals surface area (Å²) in [6, 6.07) is 3.03. The third-order valence-electron chi connectivity index (χ3n) is 10.1. The zero-order chi connectivity index (χ0) is 38.4. The number of ether oxygens (including phenoxy) is 2. The van der Waals surface area contributed by atoms with Crippen molar-refractivity contribution in [2.24, 2.45) is 10.8 Å². The van der Waals surface area contributed by atoms with E-state index in [0.29, 0.717) is 19.3 Å². The number of fused-ring (bicyclic) bond motifs is 3. The maximum Gasteiger partial charge on any atom is 0.253 e. The Balaban J connectivity index is 1.28. The summed E-state index contributed by atoms with van der Waals surface area (Å²) >= 11 is 0. The number of hydrogen-bond donors (Lipinski definition) is 8. The molecule has 2 unspecified atom stereocenters. The number of imide groups is 1. The van der Waals surface area contributed by atoms with Gasteiger partial charge in [0.15, 0.2) is 12.1 Å². The number of benzene rings is 2. The van der Waals surface area contributed by atoms with Gasteiger partial charge in [0, 0.05) is 67.1 Å². The molecule has 2 aliphatic carbocycles. The summed E-state index contributed by atoms with van der Waals surface area (Å²) in [5, 5.41) is 70.6. The third-order valence-corrected chi connectivity index (χ3v) is 10.1. The van der Waals surface area contributed by atoms with Crippen LogP contribution in [0.5, 0.6) is 17.2 Å². The van der Waals surface area contributed by atoms with E-state index < -0.39 is 113 Å². The van der Waals surface area contributed by atoms with Crippen LogP contribution in [0.2, 0.25) is 0 Å². The lowest BCUT2D eigenvalue weighted by atomic mass is 9.71. The Bertz CT molecular complexity index is 1910. The molecule has 1 saturated heterocycles. The van der Waals surface area contributed by atoms with Gasteiger partial charge in [0.1, 0.15) is 22.8 Å². The van der Waals surface area contributed by atoms with Gasteiger partial charge in [-0.15, -0.1) is 0 Å². The maximum atomic E-state index is 13.7. The molecule has 0 saturated carbocycles. The molecular weight excluding hydrogens is 696 g/mol. The van der Waals surface area contributed by atoms with Crippen LogP contribution in [0.3, 0.4) is 0 Å². The number of phenols is 3. The first-order chi connectivity index (χ1) is 25.2. The summed E-state index contributed by atoms with van der Waals surface area (Å²) in [6.45, 7) is 0.875. The SMILES string of the molecule is CC1O[C@@H](O[C@H]2C[C@](O)(/C(CO)=N/NC(=O)CCCCCN3C(=O)C=CC3=O)Cc3c(O)c4c(c(O)c32)C(=O)c2c(O)cccc2C4=O)CC(N)[C@H]1O. The van der Waals surface area contributed by atoms with Crippen molar-refractivity contribution >= 4 is 35.0 Å². The van der Waals surface area contributed by atoms with Crippen LogP contribution in [0, 0.1) is 0 Å². The van der Waals surface area contributed by atoms with Gasteiger partial charge >= 0.3 is 0 Å². The van der Waals surface area contributed by atoms with Crippen molar-refractivity contribution in [2.45, 2.75) is 88.1 Å². The molecule has 3 amide bonds. The van der Waals surface area contributed by atoms with Crippen molar-refractivity contribution in [3.05, 3.63) is 63.7 Å². The van der Waals surface area contributed by atoms with Crippen LogP contribution in [0.15, 0.2) is 35.5 Å². The highest BCUT2D eigenvalue weighted by atomic mass is 16.7. The van der Waals surface area contributed by atoms with Gasteiger partial charge < -0.3 is 45.8 Å². The first kappa shape index (κ1) is 37.7. The number of unbranched alkanes of at least 4 members (excludes halogenated alkanes) is 2. The van der Waals surface area contributed by atoms with Gasteiger partial charge in [-0.1, -0.05) is 18.6 Å². The standard InChI is InChI=1S/C36H40N4O13/c1-16-31(46)19(37)12-26(52-16)53-21-14-36(51,22(15-41)38-39-23(43)8-3-2-4-11-40-24(44)9-10-25(40)45)13-18-28(21)35(50)30-29(33(18)48)32(47)17-6-5-7-20(42)27(17)34(30)49/h5-7,9-10,16,19,21,26,31,41-42,46,48,50-51H,2-4,8,11-15,37H2,1H3,(H,39,43)/b38-22+/t16?,19?,21-,26-,31-,36-/m0/s1. The van der Waals surface area contributed by atoms with Gasteiger partial charge in [0.25, 0.3) is 11.8 Å². The van der Waals surface area contributed by atoms with Crippen molar-refractivity contribution in [3.63, 3.8) is 0 Å². The lowest BCUT2D eigenvalue weighted by molar-refractivity contribution is -0.245. The second kappa shape index (κ2) is 14.8. The number of nitrogens with two attached hydrogens (primary N) is 1. The molecule has 2 heterocycles. The number of aliphatic hydroxyl groups excluding tert-OH is 2.